The first-order valence-corrected chi connectivity index (χ1v) is 12.0. The molecule has 2 fully saturated rings. The smallest absolute Gasteiger partial charge is 0.251 e. The van der Waals surface area contributed by atoms with Gasteiger partial charge in [-0.15, -0.1) is 0 Å². The first-order valence-electron chi connectivity index (χ1n) is 12.0. The maximum absolute atomic E-state index is 12.4. The van der Waals surface area contributed by atoms with Crippen molar-refractivity contribution in [3.63, 3.8) is 0 Å². The van der Waals surface area contributed by atoms with Crippen LogP contribution in [0.2, 0.25) is 0 Å². The Bertz CT molecular complexity index is 690. The number of likely N-dealkylation sites (tertiary alicyclic amines) is 2. The molecule has 2 saturated heterocycles. The molecule has 2 heterocycles. The van der Waals surface area contributed by atoms with Crippen LogP contribution in [0.1, 0.15) is 61.9 Å². The first kappa shape index (κ1) is 23.7. The summed E-state index contributed by atoms with van der Waals surface area (Å²) in [5.74, 6) is 0.778. The van der Waals surface area contributed by atoms with E-state index in [1.54, 1.807) is 6.92 Å². The van der Waals surface area contributed by atoms with Crippen LogP contribution >= 0.6 is 0 Å². The molecule has 172 valence electrons. The highest BCUT2D eigenvalue weighted by atomic mass is 16.5. The lowest BCUT2D eigenvalue weighted by Crippen LogP contribution is -2.37. The number of nitrogens with one attached hydrogen (secondary N) is 1. The second-order valence-electron chi connectivity index (χ2n) is 8.96. The summed E-state index contributed by atoms with van der Waals surface area (Å²) in [7, 11) is 0. The fourth-order valence-electron chi connectivity index (χ4n) is 4.60. The van der Waals surface area contributed by atoms with Crippen LogP contribution in [0.5, 0.6) is 0 Å². The number of ether oxygens (including phenoxy) is 1. The van der Waals surface area contributed by atoms with Crippen LogP contribution in [0.3, 0.4) is 0 Å². The number of amides is 2. The second kappa shape index (κ2) is 12.2. The summed E-state index contributed by atoms with van der Waals surface area (Å²) in [5.41, 5.74) is 1.98. The van der Waals surface area contributed by atoms with Crippen LogP contribution < -0.4 is 5.32 Å². The summed E-state index contributed by atoms with van der Waals surface area (Å²) in [4.78, 5) is 28.2. The van der Waals surface area contributed by atoms with E-state index >= 15 is 0 Å². The normalized spacial score (nSPS) is 18.8. The molecule has 2 aliphatic rings. The lowest BCUT2D eigenvalue weighted by atomic mass is 9.90. The van der Waals surface area contributed by atoms with Gasteiger partial charge in [-0.1, -0.05) is 19.1 Å². The summed E-state index contributed by atoms with van der Waals surface area (Å²) < 4.78 is 5.97. The highest BCUT2D eigenvalue weighted by Gasteiger charge is 2.21. The zero-order valence-corrected chi connectivity index (χ0v) is 19.3. The van der Waals surface area contributed by atoms with Gasteiger partial charge in [0.15, 0.2) is 0 Å². The number of hydrogen-bond donors (Lipinski definition) is 1. The lowest BCUT2D eigenvalue weighted by molar-refractivity contribution is -0.130. The molecule has 0 unspecified atom stereocenters. The van der Waals surface area contributed by atoms with E-state index < -0.39 is 0 Å². The van der Waals surface area contributed by atoms with Gasteiger partial charge in [-0.25, -0.2) is 0 Å². The van der Waals surface area contributed by atoms with Crippen LogP contribution in [0, 0.1) is 5.92 Å². The largest absolute Gasteiger partial charge is 0.378 e. The van der Waals surface area contributed by atoms with Crippen molar-refractivity contribution in [2.24, 2.45) is 5.92 Å². The van der Waals surface area contributed by atoms with E-state index in [1.165, 1.54) is 5.56 Å². The molecular weight excluding hydrogens is 390 g/mol. The molecule has 0 aliphatic carbocycles. The minimum atomic E-state index is -0.0161. The van der Waals surface area contributed by atoms with Gasteiger partial charge in [-0.2, -0.15) is 0 Å². The molecule has 6 nitrogen and oxygen atoms in total. The van der Waals surface area contributed by atoms with Gasteiger partial charge in [0, 0.05) is 51.8 Å². The highest BCUT2D eigenvalue weighted by Crippen LogP contribution is 2.22. The Hall–Kier alpha value is -1.92. The zero-order chi connectivity index (χ0) is 22.1. The molecule has 2 amide bonds. The second-order valence-corrected chi connectivity index (χ2v) is 8.96. The van der Waals surface area contributed by atoms with E-state index in [2.05, 4.69) is 29.3 Å². The van der Waals surface area contributed by atoms with Gasteiger partial charge in [0.05, 0.1) is 6.10 Å². The van der Waals surface area contributed by atoms with E-state index in [9.17, 15) is 9.59 Å². The monoisotopic (exact) mass is 429 g/mol. The lowest BCUT2D eigenvalue weighted by Gasteiger charge is -2.31. The Morgan fingerprint density at radius 3 is 2.32 bits per heavy atom. The third-order valence-corrected chi connectivity index (χ3v) is 6.74. The van der Waals surface area contributed by atoms with Crippen molar-refractivity contribution >= 4 is 11.8 Å². The van der Waals surface area contributed by atoms with Crippen LogP contribution in [-0.4, -0.2) is 73.6 Å². The van der Waals surface area contributed by atoms with Gasteiger partial charge in [0.1, 0.15) is 0 Å². The minimum Gasteiger partial charge on any atom is -0.378 e. The summed E-state index contributed by atoms with van der Waals surface area (Å²) in [6.45, 7) is 10.3. The number of carbonyl (C=O) groups excluding carboxylic acids is 2. The van der Waals surface area contributed by atoms with Crippen molar-refractivity contribution in [3.8, 4) is 0 Å². The van der Waals surface area contributed by atoms with E-state index in [4.69, 9.17) is 4.74 Å². The third kappa shape index (κ3) is 7.62. The molecule has 0 radical (unpaired) electrons. The van der Waals surface area contributed by atoms with Gasteiger partial charge in [-0.3, -0.25) is 9.59 Å². The summed E-state index contributed by atoms with van der Waals surface area (Å²) in [6, 6.07) is 7.98. The van der Waals surface area contributed by atoms with E-state index in [1.807, 2.05) is 17.0 Å². The van der Waals surface area contributed by atoms with Crippen molar-refractivity contribution in [2.45, 2.75) is 58.5 Å². The van der Waals surface area contributed by atoms with E-state index in [0.29, 0.717) is 30.7 Å². The maximum atomic E-state index is 12.4. The van der Waals surface area contributed by atoms with Crippen molar-refractivity contribution in [3.05, 3.63) is 35.4 Å². The number of rotatable bonds is 9. The van der Waals surface area contributed by atoms with Crippen molar-refractivity contribution in [2.75, 3.05) is 45.9 Å². The molecule has 1 N–H and O–H groups in total. The number of nitrogens with zero attached hydrogens (tertiary/aromatic N) is 2. The number of benzene rings is 1. The van der Waals surface area contributed by atoms with Gasteiger partial charge in [0.2, 0.25) is 5.91 Å². The van der Waals surface area contributed by atoms with Gasteiger partial charge in [0.25, 0.3) is 5.91 Å². The Morgan fingerprint density at radius 2 is 1.71 bits per heavy atom. The molecule has 2 aliphatic heterocycles. The fourth-order valence-corrected chi connectivity index (χ4v) is 4.60. The Balaban J connectivity index is 1.30. The van der Waals surface area contributed by atoms with E-state index in [0.717, 1.165) is 71.2 Å². The van der Waals surface area contributed by atoms with Gasteiger partial charge >= 0.3 is 0 Å². The van der Waals surface area contributed by atoms with E-state index in [-0.39, 0.29) is 11.8 Å². The quantitative estimate of drug-likeness (QED) is 0.613. The average Bonchev–Trinajstić information content (AvgIpc) is 2.80. The van der Waals surface area contributed by atoms with Crippen LogP contribution in [0.15, 0.2) is 24.3 Å². The van der Waals surface area contributed by atoms with Crippen LogP contribution in [0.25, 0.3) is 0 Å². The predicted molar refractivity (Wildman–Crippen MR) is 123 cm³/mol. The Kier molecular flexibility index (Phi) is 9.34. The summed E-state index contributed by atoms with van der Waals surface area (Å²) in [6.07, 6.45) is 6.58. The molecule has 0 bridgehead atoms. The van der Waals surface area contributed by atoms with Gasteiger partial charge < -0.3 is 19.9 Å². The maximum Gasteiger partial charge on any atom is 0.251 e. The van der Waals surface area contributed by atoms with Crippen LogP contribution in [-0.2, 0) is 16.0 Å². The standard InChI is InChI=1S/C25H39N3O3/c1-3-27-14-11-24(12-15-27)31-18-4-13-26-25(30)23-7-5-21(6-8-23)19-22-9-16-28(17-10-22)20(2)29/h5-8,22,24H,3-4,9-19H2,1-2H3,(H,26,30). The summed E-state index contributed by atoms with van der Waals surface area (Å²) in [5, 5.41) is 3.00. The fraction of sp³-hybridized carbons (Fsp3) is 0.680. The molecule has 0 spiro atoms. The molecule has 1 aromatic rings. The first-order chi connectivity index (χ1) is 15.0. The number of carbonyl (C=O) groups is 2. The molecule has 0 saturated carbocycles. The molecule has 31 heavy (non-hydrogen) atoms. The molecule has 0 atom stereocenters. The Morgan fingerprint density at radius 1 is 1.03 bits per heavy atom. The number of hydrogen-bond acceptors (Lipinski definition) is 4. The third-order valence-electron chi connectivity index (χ3n) is 6.74. The summed E-state index contributed by atoms with van der Waals surface area (Å²) >= 11 is 0. The number of piperidine rings is 2. The molecular formula is C25H39N3O3. The van der Waals surface area contributed by atoms with Gasteiger partial charge in [-0.05, 0) is 68.7 Å². The van der Waals surface area contributed by atoms with Crippen molar-refractivity contribution in [1.82, 2.24) is 15.1 Å². The topological polar surface area (TPSA) is 61.9 Å². The SMILES string of the molecule is CCN1CCC(OCCCNC(=O)c2ccc(CC3CCN(C(C)=O)CC3)cc2)CC1. The zero-order valence-electron chi connectivity index (χ0n) is 19.3. The van der Waals surface area contributed by atoms with Crippen molar-refractivity contribution in [1.29, 1.82) is 0 Å². The highest BCUT2D eigenvalue weighted by molar-refractivity contribution is 5.94. The molecule has 3 rings (SSSR count). The Labute approximate surface area is 187 Å². The predicted octanol–water partition coefficient (Wildman–Crippen LogP) is 3.11. The molecule has 6 heteroatoms. The molecule has 1 aromatic carbocycles. The molecule has 0 aromatic heterocycles. The van der Waals surface area contributed by atoms with Crippen LogP contribution in [0.4, 0.5) is 0 Å². The van der Waals surface area contributed by atoms with Crippen molar-refractivity contribution < 1.29 is 14.3 Å². The average molecular weight is 430 g/mol. The minimum absolute atomic E-state index is 0.0161.